The number of para-hydroxylation sites is 1. The van der Waals surface area contributed by atoms with E-state index < -0.39 is 6.04 Å². The highest BCUT2D eigenvalue weighted by Crippen LogP contribution is 2.27. The second-order valence-corrected chi connectivity index (χ2v) is 4.93. The lowest BCUT2D eigenvalue weighted by molar-refractivity contribution is -0.119. The number of anilines is 1. The van der Waals surface area contributed by atoms with Crippen molar-refractivity contribution in [3.05, 3.63) is 29.8 Å². The molecule has 1 atom stereocenters. The zero-order valence-corrected chi connectivity index (χ0v) is 11.5. The SMILES string of the molecule is C[C@H](NC(=O)N(C)C)C(=O)N1CCc2ccccc21. The Hall–Kier alpha value is -2.04. The number of fused-ring (bicyclic) bond motifs is 1. The van der Waals surface area contributed by atoms with E-state index in [1.54, 1.807) is 25.9 Å². The van der Waals surface area contributed by atoms with Crippen LogP contribution in [0.25, 0.3) is 0 Å². The maximum absolute atomic E-state index is 12.4. The summed E-state index contributed by atoms with van der Waals surface area (Å²) in [5.74, 6) is -0.0693. The summed E-state index contributed by atoms with van der Waals surface area (Å²) in [6.45, 7) is 2.39. The van der Waals surface area contributed by atoms with E-state index in [1.807, 2.05) is 24.3 Å². The standard InChI is InChI=1S/C14H19N3O2/c1-10(15-14(19)16(2)3)13(18)17-9-8-11-6-4-5-7-12(11)17/h4-7,10H,8-9H2,1-3H3,(H,15,19)/t10-/m0/s1. The van der Waals surface area contributed by atoms with Crippen LogP contribution in [-0.2, 0) is 11.2 Å². The molecule has 1 aliphatic heterocycles. The van der Waals surface area contributed by atoms with Crippen LogP contribution in [0.15, 0.2) is 24.3 Å². The maximum Gasteiger partial charge on any atom is 0.317 e. The molecular formula is C14H19N3O2. The highest BCUT2D eigenvalue weighted by atomic mass is 16.2. The van der Waals surface area contributed by atoms with E-state index in [1.165, 1.54) is 10.5 Å². The zero-order chi connectivity index (χ0) is 14.0. The summed E-state index contributed by atoms with van der Waals surface area (Å²) in [5, 5.41) is 2.68. The van der Waals surface area contributed by atoms with Crippen LogP contribution in [0.5, 0.6) is 0 Å². The molecule has 0 unspecified atom stereocenters. The van der Waals surface area contributed by atoms with E-state index in [9.17, 15) is 9.59 Å². The van der Waals surface area contributed by atoms with Crippen molar-refractivity contribution >= 4 is 17.6 Å². The summed E-state index contributed by atoms with van der Waals surface area (Å²) < 4.78 is 0. The summed E-state index contributed by atoms with van der Waals surface area (Å²) >= 11 is 0. The number of rotatable bonds is 2. The average molecular weight is 261 g/mol. The fourth-order valence-corrected chi connectivity index (χ4v) is 2.18. The molecule has 0 bridgehead atoms. The van der Waals surface area contributed by atoms with Crippen molar-refractivity contribution in [2.24, 2.45) is 0 Å². The van der Waals surface area contributed by atoms with Crippen molar-refractivity contribution in [2.75, 3.05) is 25.5 Å². The Balaban J connectivity index is 2.07. The van der Waals surface area contributed by atoms with Crippen LogP contribution in [0.2, 0.25) is 0 Å². The third-order valence-electron chi connectivity index (χ3n) is 3.27. The van der Waals surface area contributed by atoms with Gasteiger partial charge in [-0.05, 0) is 25.0 Å². The molecule has 0 radical (unpaired) electrons. The highest BCUT2D eigenvalue weighted by molar-refractivity contribution is 6.00. The number of carbonyl (C=O) groups excluding carboxylic acids is 2. The van der Waals surface area contributed by atoms with Crippen LogP contribution in [0.1, 0.15) is 12.5 Å². The van der Waals surface area contributed by atoms with Gasteiger partial charge in [0.15, 0.2) is 0 Å². The first-order valence-electron chi connectivity index (χ1n) is 6.38. The molecule has 0 aliphatic carbocycles. The quantitative estimate of drug-likeness (QED) is 0.870. The molecule has 0 saturated carbocycles. The predicted molar refractivity (Wildman–Crippen MR) is 74.2 cm³/mol. The molecule has 0 saturated heterocycles. The smallest absolute Gasteiger partial charge is 0.317 e. The molecule has 1 N–H and O–H groups in total. The largest absolute Gasteiger partial charge is 0.331 e. The Kier molecular flexibility index (Phi) is 3.74. The molecule has 1 aliphatic rings. The lowest BCUT2D eigenvalue weighted by atomic mass is 10.2. The Bertz CT molecular complexity index is 499. The third-order valence-corrected chi connectivity index (χ3v) is 3.27. The second kappa shape index (κ2) is 5.30. The first-order chi connectivity index (χ1) is 9.00. The topological polar surface area (TPSA) is 52.7 Å². The Morgan fingerprint density at radius 2 is 2.00 bits per heavy atom. The fourth-order valence-electron chi connectivity index (χ4n) is 2.18. The van der Waals surface area contributed by atoms with Gasteiger partial charge in [0.25, 0.3) is 0 Å². The van der Waals surface area contributed by atoms with Gasteiger partial charge in [-0.2, -0.15) is 0 Å². The second-order valence-electron chi connectivity index (χ2n) is 4.93. The molecule has 5 nitrogen and oxygen atoms in total. The third kappa shape index (κ3) is 2.70. The summed E-state index contributed by atoms with van der Waals surface area (Å²) in [6, 6.07) is 7.10. The molecule has 19 heavy (non-hydrogen) atoms. The van der Waals surface area contributed by atoms with E-state index in [2.05, 4.69) is 5.32 Å². The number of urea groups is 1. The van der Waals surface area contributed by atoms with Crippen LogP contribution in [0, 0.1) is 0 Å². The highest BCUT2D eigenvalue weighted by Gasteiger charge is 2.28. The minimum Gasteiger partial charge on any atom is -0.331 e. The number of benzene rings is 1. The fraction of sp³-hybridized carbons (Fsp3) is 0.429. The summed E-state index contributed by atoms with van der Waals surface area (Å²) in [7, 11) is 3.30. The molecule has 5 heteroatoms. The summed E-state index contributed by atoms with van der Waals surface area (Å²) in [4.78, 5) is 27.1. The lowest BCUT2D eigenvalue weighted by Gasteiger charge is -2.23. The van der Waals surface area contributed by atoms with Gasteiger partial charge in [0, 0.05) is 26.3 Å². The molecular weight excluding hydrogens is 242 g/mol. The van der Waals surface area contributed by atoms with Crippen LogP contribution < -0.4 is 10.2 Å². The molecule has 1 heterocycles. The van der Waals surface area contributed by atoms with Crippen molar-refractivity contribution in [1.82, 2.24) is 10.2 Å². The van der Waals surface area contributed by atoms with Gasteiger partial charge in [-0.25, -0.2) is 4.79 Å². The van der Waals surface area contributed by atoms with Crippen molar-refractivity contribution in [3.8, 4) is 0 Å². The van der Waals surface area contributed by atoms with Gasteiger partial charge in [-0.1, -0.05) is 18.2 Å². The van der Waals surface area contributed by atoms with Gasteiger partial charge in [-0.3, -0.25) is 4.79 Å². The van der Waals surface area contributed by atoms with Gasteiger partial charge in [-0.15, -0.1) is 0 Å². The number of nitrogens with one attached hydrogen (secondary N) is 1. The monoisotopic (exact) mass is 261 g/mol. The lowest BCUT2D eigenvalue weighted by Crippen LogP contribution is -2.49. The maximum atomic E-state index is 12.4. The molecule has 0 fully saturated rings. The first kappa shape index (κ1) is 13.4. The predicted octanol–water partition coefficient (Wildman–Crippen LogP) is 1.24. The van der Waals surface area contributed by atoms with E-state index in [-0.39, 0.29) is 11.9 Å². The van der Waals surface area contributed by atoms with Crippen LogP contribution in [0.4, 0.5) is 10.5 Å². The average Bonchev–Trinajstić information content (AvgIpc) is 2.81. The van der Waals surface area contributed by atoms with Crippen molar-refractivity contribution in [3.63, 3.8) is 0 Å². The van der Waals surface area contributed by atoms with E-state index >= 15 is 0 Å². The zero-order valence-electron chi connectivity index (χ0n) is 11.5. The minimum atomic E-state index is -0.527. The summed E-state index contributed by atoms with van der Waals surface area (Å²) in [5.41, 5.74) is 2.14. The van der Waals surface area contributed by atoms with Gasteiger partial charge in [0.1, 0.15) is 6.04 Å². The van der Waals surface area contributed by atoms with E-state index in [0.717, 1.165) is 12.1 Å². The van der Waals surface area contributed by atoms with E-state index in [4.69, 9.17) is 0 Å². The van der Waals surface area contributed by atoms with Gasteiger partial charge in [0.05, 0.1) is 0 Å². The van der Waals surface area contributed by atoms with Gasteiger partial charge < -0.3 is 15.1 Å². The number of amides is 3. The molecule has 102 valence electrons. The van der Waals surface area contributed by atoms with Gasteiger partial charge in [0.2, 0.25) is 5.91 Å². The molecule has 2 rings (SSSR count). The number of nitrogens with zero attached hydrogens (tertiary/aromatic N) is 2. The Morgan fingerprint density at radius 1 is 1.32 bits per heavy atom. The molecule has 1 aromatic carbocycles. The minimum absolute atomic E-state index is 0.0693. The van der Waals surface area contributed by atoms with Crippen LogP contribution in [0.3, 0.4) is 0 Å². The van der Waals surface area contributed by atoms with Crippen molar-refractivity contribution in [2.45, 2.75) is 19.4 Å². The normalized spacial score (nSPS) is 14.8. The Labute approximate surface area is 113 Å². The Morgan fingerprint density at radius 3 is 2.68 bits per heavy atom. The van der Waals surface area contributed by atoms with Crippen LogP contribution >= 0.6 is 0 Å². The van der Waals surface area contributed by atoms with Gasteiger partial charge >= 0.3 is 6.03 Å². The number of hydrogen-bond acceptors (Lipinski definition) is 2. The van der Waals surface area contributed by atoms with Crippen molar-refractivity contribution < 1.29 is 9.59 Å². The molecule has 3 amide bonds. The number of hydrogen-bond donors (Lipinski definition) is 1. The van der Waals surface area contributed by atoms with E-state index in [0.29, 0.717) is 6.54 Å². The summed E-state index contributed by atoms with van der Waals surface area (Å²) in [6.07, 6.45) is 0.871. The van der Waals surface area contributed by atoms with Crippen LogP contribution in [-0.4, -0.2) is 43.5 Å². The first-order valence-corrected chi connectivity index (χ1v) is 6.38. The molecule has 0 spiro atoms. The molecule has 1 aromatic rings. The van der Waals surface area contributed by atoms with Crippen molar-refractivity contribution in [1.29, 1.82) is 0 Å². The number of carbonyl (C=O) groups is 2. The molecule has 0 aromatic heterocycles.